The van der Waals surface area contributed by atoms with Crippen molar-refractivity contribution in [3.8, 4) is 5.75 Å². The number of halogens is 3. The Morgan fingerprint density at radius 2 is 2.04 bits per heavy atom. The molecule has 0 aliphatic carbocycles. The Bertz CT molecular complexity index is 732. The number of carboxylic acids is 1. The second-order valence-electron chi connectivity index (χ2n) is 5.62. The zero-order chi connectivity index (χ0) is 17.9. The molecule has 0 spiro atoms. The van der Waals surface area contributed by atoms with Gasteiger partial charge in [-0.3, -0.25) is 0 Å². The number of ether oxygens (including phenoxy) is 1. The van der Waals surface area contributed by atoms with Gasteiger partial charge < -0.3 is 14.6 Å². The van der Waals surface area contributed by atoms with Crippen molar-refractivity contribution >= 4 is 17.3 Å². The van der Waals surface area contributed by atoms with E-state index in [9.17, 15) is 23.1 Å². The summed E-state index contributed by atoms with van der Waals surface area (Å²) in [7, 11) is 0. The molecule has 2 rings (SSSR count). The summed E-state index contributed by atoms with van der Waals surface area (Å²) >= 11 is 1.05. The molecule has 1 aromatic heterocycles. The molecule has 0 aliphatic heterocycles. The quantitative estimate of drug-likeness (QED) is 0.669. The van der Waals surface area contributed by atoms with Gasteiger partial charge in [0.05, 0.1) is 28.8 Å². The zero-order valence-corrected chi connectivity index (χ0v) is 16.8. The molecule has 0 aliphatic rings. The van der Waals surface area contributed by atoms with E-state index in [-0.39, 0.29) is 47.6 Å². The summed E-state index contributed by atoms with van der Waals surface area (Å²) < 4.78 is 44.3. The van der Waals surface area contributed by atoms with Crippen LogP contribution in [0.3, 0.4) is 0 Å². The summed E-state index contributed by atoms with van der Waals surface area (Å²) in [5.41, 5.74) is -0.706. The third-order valence-corrected chi connectivity index (χ3v) is 3.91. The number of nitrogens with zero attached hydrogens (tertiary/aromatic N) is 1. The van der Waals surface area contributed by atoms with E-state index in [1.807, 2.05) is 13.8 Å². The first-order valence-corrected chi connectivity index (χ1v) is 8.03. The molecule has 0 amide bonds. The van der Waals surface area contributed by atoms with Crippen LogP contribution in [0.2, 0.25) is 0 Å². The van der Waals surface area contributed by atoms with Crippen molar-refractivity contribution in [3.63, 3.8) is 0 Å². The molecule has 0 unspecified atom stereocenters. The maximum Gasteiger partial charge on any atom is 1.00 e. The fraction of sp³-hybridized carbons (Fsp3) is 0.375. The summed E-state index contributed by atoms with van der Waals surface area (Å²) in [4.78, 5) is 14.6. The van der Waals surface area contributed by atoms with Crippen LogP contribution in [-0.4, -0.2) is 17.6 Å². The number of aromatic carboxylic acids is 1. The van der Waals surface area contributed by atoms with E-state index in [0.29, 0.717) is 22.9 Å². The average Bonchev–Trinajstić information content (AvgIpc) is 2.93. The SMILES string of the molecule is CC(C)COc1ccc(C(F)(F)F)cc1Cc1nc(C(=O)[O-])cs1.[Na+]. The van der Waals surface area contributed by atoms with Crippen LogP contribution >= 0.6 is 11.3 Å². The Labute approximate surface area is 169 Å². The van der Waals surface area contributed by atoms with Gasteiger partial charge in [0.1, 0.15) is 5.75 Å². The molecule has 0 saturated carbocycles. The molecule has 25 heavy (non-hydrogen) atoms. The van der Waals surface area contributed by atoms with Crippen molar-refractivity contribution in [2.24, 2.45) is 5.92 Å². The van der Waals surface area contributed by atoms with Crippen LogP contribution in [0.5, 0.6) is 5.75 Å². The van der Waals surface area contributed by atoms with Crippen molar-refractivity contribution in [3.05, 3.63) is 45.4 Å². The molecule has 4 nitrogen and oxygen atoms in total. The van der Waals surface area contributed by atoms with E-state index < -0.39 is 17.7 Å². The van der Waals surface area contributed by atoms with Gasteiger partial charge in [-0.1, -0.05) is 13.8 Å². The number of rotatable bonds is 6. The largest absolute Gasteiger partial charge is 1.00 e. The Kier molecular flexibility index (Phi) is 7.92. The van der Waals surface area contributed by atoms with Gasteiger partial charge in [-0.05, 0) is 24.1 Å². The number of thiazole rings is 1. The van der Waals surface area contributed by atoms with E-state index in [4.69, 9.17) is 4.74 Å². The first-order valence-electron chi connectivity index (χ1n) is 7.15. The third-order valence-electron chi connectivity index (χ3n) is 3.06. The molecule has 0 N–H and O–H groups in total. The predicted octanol–water partition coefficient (Wildman–Crippen LogP) is 0.155. The van der Waals surface area contributed by atoms with Crippen LogP contribution in [0.15, 0.2) is 23.6 Å². The van der Waals surface area contributed by atoms with E-state index in [1.165, 1.54) is 11.4 Å². The van der Waals surface area contributed by atoms with Gasteiger partial charge in [0.25, 0.3) is 0 Å². The molecule has 0 atom stereocenters. The Hall–Kier alpha value is -1.09. The summed E-state index contributed by atoms with van der Waals surface area (Å²) in [6.45, 7) is 4.22. The van der Waals surface area contributed by atoms with E-state index in [0.717, 1.165) is 23.5 Å². The van der Waals surface area contributed by atoms with E-state index in [2.05, 4.69) is 4.98 Å². The number of aromatic nitrogens is 1. The van der Waals surface area contributed by atoms with Crippen molar-refractivity contribution in [2.45, 2.75) is 26.4 Å². The van der Waals surface area contributed by atoms with Crippen LogP contribution in [0, 0.1) is 5.92 Å². The molecule has 130 valence electrons. The monoisotopic (exact) mass is 381 g/mol. The minimum atomic E-state index is -4.47. The van der Waals surface area contributed by atoms with Gasteiger partial charge in [-0.25, -0.2) is 4.98 Å². The van der Waals surface area contributed by atoms with Gasteiger partial charge in [-0.2, -0.15) is 13.2 Å². The molecule has 0 radical (unpaired) electrons. The van der Waals surface area contributed by atoms with Crippen LogP contribution in [0.1, 0.15) is 40.5 Å². The first-order chi connectivity index (χ1) is 11.2. The van der Waals surface area contributed by atoms with Crippen molar-refractivity contribution in [2.75, 3.05) is 6.61 Å². The predicted molar refractivity (Wildman–Crippen MR) is 81.0 cm³/mol. The second-order valence-corrected chi connectivity index (χ2v) is 6.56. The Morgan fingerprint density at radius 3 is 2.56 bits per heavy atom. The average molecular weight is 381 g/mol. The van der Waals surface area contributed by atoms with Crippen LogP contribution < -0.4 is 39.4 Å². The zero-order valence-electron chi connectivity index (χ0n) is 14.0. The maximum atomic E-state index is 12.9. The Balaban J connectivity index is 0.00000312. The van der Waals surface area contributed by atoms with Crippen LogP contribution in [-0.2, 0) is 12.6 Å². The minimum Gasteiger partial charge on any atom is -0.543 e. The van der Waals surface area contributed by atoms with Crippen molar-refractivity contribution in [1.82, 2.24) is 4.98 Å². The number of carboxylic acid groups (broad SMARTS) is 1. The van der Waals surface area contributed by atoms with Crippen LogP contribution in [0.4, 0.5) is 13.2 Å². The van der Waals surface area contributed by atoms with E-state index >= 15 is 0 Å². The standard InChI is InChI=1S/C16H16F3NO3S.Na/c1-9(2)7-23-13-4-3-11(16(17,18)19)5-10(13)6-14-20-12(8-24-14)15(21)22;/h3-5,8-9H,6-7H2,1-2H3,(H,21,22);/q;+1/p-1. The second kappa shape index (κ2) is 9.02. The fourth-order valence-corrected chi connectivity index (χ4v) is 2.73. The molecule has 0 fully saturated rings. The van der Waals surface area contributed by atoms with E-state index in [1.54, 1.807) is 0 Å². The first kappa shape index (κ1) is 22.0. The molecule has 2 aromatic rings. The van der Waals surface area contributed by atoms with Gasteiger partial charge in [0.15, 0.2) is 0 Å². The topological polar surface area (TPSA) is 62.2 Å². The molecule has 9 heteroatoms. The number of benzene rings is 1. The number of carbonyl (C=O) groups is 1. The number of alkyl halides is 3. The maximum absolute atomic E-state index is 12.9. The molecular weight excluding hydrogens is 366 g/mol. The molecule has 1 aromatic carbocycles. The van der Waals surface area contributed by atoms with Gasteiger partial charge in [0.2, 0.25) is 0 Å². The van der Waals surface area contributed by atoms with Gasteiger partial charge in [0, 0.05) is 17.4 Å². The molecule has 0 saturated heterocycles. The number of hydrogen-bond donors (Lipinski definition) is 0. The minimum absolute atomic E-state index is 0. The van der Waals surface area contributed by atoms with Crippen molar-refractivity contribution < 1.29 is 57.4 Å². The summed E-state index contributed by atoms with van der Waals surface area (Å²) in [5.74, 6) is -0.871. The van der Waals surface area contributed by atoms with Gasteiger partial charge >= 0.3 is 35.7 Å². The normalized spacial score (nSPS) is 11.3. The summed E-state index contributed by atoms with van der Waals surface area (Å²) in [6.07, 6.45) is -4.42. The number of carbonyl (C=O) groups excluding carboxylic acids is 1. The molecule has 1 heterocycles. The summed E-state index contributed by atoms with van der Waals surface area (Å²) in [5, 5.41) is 12.4. The molecular formula is C16H15F3NNaO3S. The Morgan fingerprint density at radius 1 is 1.36 bits per heavy atom. The van der Waals surface area contributed by atoms with Gasteiger partial charge in [-0.15, -0.1) is 11.3 Å². The molecule has 0 bridgehead atoms. The smallest absolute Gasteiger partial charge is 0.543 e. The van der Waals surface area contributed by atoms with Crippen LogP contribution in [0.25, 0.3) is 0 Å². The fourth-order valence-electron chi connectivity index (χ4n) is 1.94. The third kappa shape index (κ3) is 6.29. The van der Waals surface area contributed by atoms with Crippen molar-refractivity contribution in [1.29, 1.82) is 0 Å². The summed E-state index contributed by atoms with van der Waals surface area (Å²) in [6, 6.07) is 3.26. The number of hydrogen-bond acceptors (Lipinski definition) is 5.